The van der Waals surface area contributed by atoms with Crippen LogP contribution in [0.1, 0.15) is 164 Å². The molecule has 7 nitrogen and oxygen atoms in total. The van der Waals surface area contributed by atoms with Crippen LogP contribution in [0.15, 0.2) is 46.1 Å². The van der Waals surface area contributed by atoms with Gasteiger partial charge in [-0.05, 0) is 148 Å². The lowest BCUT2D eigenvalue weighted by Crippen LogP contribution is -2.53. The first-order valence-corrected chi connectivity index (χ1v) is 29.1. The van der Waals surface area contributed by atoms with Crippen LogP contribution >= 0.6 is 0 Å². The average molecular weight is 837 g/mol. The predicted octanol–water partition coefficient (Wildman–Crippen LogP) is 14.0. The molecule has 4 aliphatic carbocycles. The summed E-state index contributed by atoms with van der Waals surface area (Å²) >= 11 is 0. The molecule has 4 saturated carbocycles. The molecule has 4 fully saturated rings. The number of alkyl carbamates (subject to hydrolysis) is 1. The molecule has 0 radical (unpaired) electrons. The number of carbonyl (C=O) groups is 1. The topological polar surface area (TPSA) is 82.8 Å². The number of oxazole rings is 1. The van der Waals surface area contributed by atoms with Gasteiger partial charge in [0.2, 0.25) is 5.89 Å². The van der Waals surface area contributed by atoms with E-state index >= 15 is 0 Å². The number of nitrogens with one attached hydrogen (secondary N) is 1. The Balaban J connectivity index is 1.47. The minimum atomic E-state index is -2.31. The van der Waals surface area contributed by atoms with Crippen LogP contribution < -0.4 is 5.32 Å². The van der Waals surface area contributed by atoms with Gasteiger partial charge in [-0.1, -0.05) is 93.0 Å². The van der Waals surface area contributed by atoms with Gasteiger partial charge in [0.15, 0.2) is 16.6 Å². The number of amides is 1. The number of carbonyl (C=O) groups excluding carboxylic acids is 1. The highest BCUT2D eigenvalue weighted by molar-refractivity contribution is 6.74. The second kappa shape index (κ2) is 18.2. The Morgan fingerprint density at radius 2 is 1.72 bits per heavy atom. The SMILES string of the molecule is C=C1/C(=C\C=C2/CCC[C@]3(C)[C@@H]([C@H](C)CC[C@@H](OC(=O)NCC)C4CC4)CC[C@@H]23)C[C@](O[Si](C)(C)C(C)(C)C)(c2ncc(CCCC)o2)C[C@@H]1O[Si](C)(C)C(C)(C)C. The van der Waals surface area contributed by atoms with E-state index in [0.717, 1.165) is 49.9 Å². The number of hydrogen-bond acceptors (Lipinski definition) is 6. The normalized spacial score (nSPS) is 29.8. The zero-order chi connectivity index (χ0) is 42.9. The number of hydrogen-bond donors (Lipinski definition) is 1. The summed E-state index contributed by atoms with van der Waals surface area (Å²) in [6.07, 6.45) is 21.5. The van der Waals surface area contributed by atoms with Crippen LogP contribution in [0, 0.1) is 29.1 Å². The molecule has 9 heteroatoms. The minimum absolute atomic E-state index is 0.00591. The van der Waals surface area contributed by atoms with Gasteiger partial charge in [-0.25, -0.2) is 9.78 Å². The number of rotatable bonds is 16. The minimum Gasteiger partial charge on any atom is -0.446 e. The molecule has 0 aliphatic heterocycles. The fraction of sp³-hybridized carbons (Fsp3) is 0.796. The van der Waals surface area contributed by atoms with E-state index in [1.54, 1.807) is 5.57 Å². The third-order valence-electron chi connectivity index (χ3n) is 15.9. The summed E-state index contributed by atoms with van der Waals surface area (Å²) in [5, 5.41) is 2.90. The van der Waals surface area contributed by atoms with E-state index < -0.39 is 22.2 Å². The molecule has 7 atom stereocenters. The summed E-state index contributed by atoms with van der Waals surface area (Å²) in [7, 11) is -4.51. The predicted molar refractivity (Wildman–Crippen MR) is 245 cm³/mol. The van der Waals surface area contributed by atoms with Crippen molar-refractivity contribution in [2.75, 3.05) is 6.54 Å². The summed E-state index contributed by atoms with van der Waals surface area (Å²) in [5.41, 5.74) is 3.42. The largest absolute Gasteiger partial charge is 0.446 e. The van der Waals surface area contributed by atoms with Gasteiger partial charge < -0.3 is 23.3 Å². The molecule has 0 spiro atoms. The van der Waals surface area contributed by atoms with Gasteiger partial charge in [0.25, 0.3) is 0 Å². The fourth-order valence-corrected chi connectivity index (χ4v) is 12.9. The van der Waals surface area contributed by atoms with Gasteiger partial charge >= 0.3 is 6.09 Å². The van der Waals surface area contributed by atoms with Crippen molar-refractivity contribution in [1.82, 2.24) is 10.3 Å². The molecule has 5 rings (SSSR count). The van der Waals surface area contributed by atoms with E-state index in [0.29, 0.717) is 48.9 Å². The summed E-state index contributed by atoms with van der Waals surface area (Å²) in [6.45, 7) is 38.0. The highest BCUT2D eigenvalue weighted by Crippen LogP contribution is 2.60. The summed E-state index contributed by atoms with van der Waals surface area (Å²) in [6, 6.07) is 0. The van der Waals surface area contributed by atoms with Crippen molar-refractivity contribution in [3.63, 3.8) is 0 Å². The second-order valence-corrected chi connectivity index (χ2v) is 31.7. The quantitative estimate of drug-likeness (QED) is 0.167. The Labute approximate surface area is 356 Å². The van der Waals surface area contributed by atoms with E-state index in [4.69, 9.17) is 29.6 Å². The Hall–Kier alpha value is -1.95. The molecule has 1 aromatic heterocycles. The van der Waals surface area contributed by atoms with Gasteiger partial charge in [0.1, 0.15) is 17.5 Å². The number of ether oxygens (including phenoxy) is 1. The molecule has 0 unspecified atom stereocenters. The molecule has 1 heterocycles. The number of nitrogens with zero attached hydrogens (tertiary/aromatic N) is 1. The van der Waals surface area contributed by atoms with Crippen molar-refractivity contribution in [1.29, 1.82) is 0 Å². The number of allylic oxidation sites excluding steroid dienone is 3. The molecule has 328 valence electrons. The highest BCUT2D eigenvalue weighted by atomic mass is 28.4. The van der Waals surface area contributed by atoms with E-state index in [-0.39, 0.29) is 33.8 Å². The van der Waals surface area contributed by atoms with E-state index in [1.807, 2.05) is 13.1 Å². The van der Waals surface area contributed by atoms with Gasteiger partial charge in [-0.3, -0.25) is 0 Å². The first-order valence-electron chi connectivity index (χ1n) is 23.3. The molecular weight excluding hydrogens is 753 g/mol. The average Bonchev–Trinajstić information content (AvgIpc) is 3.74. The highest BCUT2D eigenvalue weighted by Gasteiger charge is 2.54. The maximum atomic E-state index is 12.4. The van der Waals surface area contributed by atoms with Gasteiger partial charge in [-0.15, -0.1) is 0 Å². The van der Waals surface area contributed by atoms with Crippen molar-refractivity contribution in [3.05, 3.63) is 53.3 Å². The summed E-state index contributed by atoms with van der Waals surface area (Å²) in [4.78, 5) is 17.4. The van der Waals surface area contributed by atoms with Crippen molar-refractivity contribution in [2.45, 2.75) is 213 Å². The maximum absolute atomic E-state index is 12.4. The fourth-order valence-electron chi connectivity index (χ4n) is 10.1. The standard InChI is InChI=1S/C49H84N2O5Si2/c1-16-18-21-39-33-51-44(53-39)49(56-58(14,15)47(8,9)10)31-38(35(4)43(32-49)55-57(12,13)46(5,6)7)26-23-36-20-19-30-48(11)40(27-28-41(36)48)34(3)22-29-42(37-24-25-37)54-45(52)50-17-2/h23,26,33-34,37,40-43H,4,16-22,24-25,27-32H2,1-3,5-15H3,(H,50,52)/b36-23+,38-26-/t34-,40-,41+,42-,43+,48-,49-/m1/s1. The van der Waals surface area contributed by atoms with Crippen molar-refractivity contribution in [2.24, 2.45) is 29.1 Å². The molecule has 0 aromatic carbocycles. The Morgan fingerprint density at radius 3 is 2.34 bits per heavy atom. The van der Waals surface area contributed by atoms with Gasteiger partial charge in [0.05, 0.1) is 12.3 Å². The maximum Gasteiger partial charge on any atom is 0.407 e. The monoisotopic (exact) mass is 837 g/mol. The first-order chi connectivity index (χ1) is 27.0. The Bertz CT molecular complexity index is 1640. The van der Waals surface area contributed by atoms with Crippen LogP contribution in [0.5, 0.6) is 0 Å². The molecule has 1 amide bonds. The third-order valence-corrected chi connectivity index (χ3v) is 24.9. The van der Waals surface area contributed by atoms with Crippen molar-refractivity contribution in [3.8, 4) is 0 Å². The number of unbranched alkanes of at least 4 members (excludes halogenated alkanes) is 1. The van der Waals surface area contributed by atoms with Crippen LogP contribution in [0.25, 0.3) is 0 Å². The lowest BCUT2D eigenvalue weighted by Gasteiger charge is -2.50. The van der Waals surface area contributed by atoms with Crippen LogP contribution in [-0.4, -0.2) is 46.5 Å². The molecule has 0 bridgehead atoms. The number of aryl methyl sites for hydroxylation is 1. The third kappa shape index (κ3) is 10.6. The van der Waals surface area contributed by atoms with Crippen molar-refractivity contribution < 1.29 is 22.8 Å². The molecule has 4 aliphatic rings. The van der Waals surface area contributed by atoms with Crippen LogP contribution in [-0.2, 0) is 25.6 Å². The second-order valence-electron chi connectivity index (χ2n) is 22.3. The Kier molecular flexibility index (Phi) is 14.8. The summed E-state index contributed by atoms with van der Waals surface area (Å²) < 4.78 is 27.7. The number of aromatic nitrogens is 1. The van der Waals surface area contributed by atoms with Gasteiger partial charge in [0, 0.05) is 25.8 Å². The molecule has 58 heavy (non-hydrogen) atoms. The van der Waals surface area contributed by atoms with E-state index in [1.165, 1.54) is 44.1 Å². The van der Waals surface area contributed by atoms with Gasteiger partial charge in [-0.2, -0.15) is 0 Å². The smallest absolute Gasteiger partial charge is 0.407 e. The number of fused-ring (bicyclic) bond motifs is 1. The lowest BCUT2D eigenvalue weighted by atomic mass is 9.60. The van der Waals surface area contributed by atoms with Crippen LogP contribution in [0.4, 0.5) is 4.79 Å². The van der Waals surface area contributed by atoms with Crippen molar-refractivity contribution >= 4 is 22.7 Å². The summed E-state index contributed by atoms with van der Waals surface area (Å²) in [5.74, 6) is 4.03. The zero-order valence-electron chi connectivity index (χ0n) is 39.5. The van der Waals surface area contributed by atoms with Crippen LogP contribution in [0.2, 0.25) is 36.3 Å². The molecular formula is C49H84N2O5Si2. The Morgan fingerprint density at radius 1 is 1.03 bits per heavy atom. The molecule has 1 aromatic rings. The first kappa shape index (κ1) is 47.1. The van der Waals surface area contributed by atoms with E-state index in [2.05, 4.69) is 106 Å². The lowest BCUT2D eigenvalue weighted by molar-refractivity contribution is -0.0234. The zero-order valence-corrected chi connectivity index (χ0v) is 41.5. The van der Waals surface area contributed by atoms with Crippen LogP contribution in [0.3, 0.4) is 0 Å². The molecule has 0 saturated heterocycles. The molecule has 1 N–H and O–H groups in total. The van der Waals surface area contributed by atoms with E-state index in [9.17, 15) is 4.79 Å².